The molecule has 3 N–H and O–H groups in total. The van der Waals surface area contributed by atoms with Crippen molar-refractivity contribution < 1.29 is 4.79 Å². The molecule has 1 rings (SSSR count). The number of rotatable bonds is 6. The van der Waals surface area contributed by atoms with Gasteiger partial charge in [-0.05, 0) is 31.6 Å². The Hall–Kier alpha value is -1.06. The summed E-state index contributed by atoms with van der Waals surface area (Å²) < 4.78 is 0. The Morgan fingerprint density at radius 2 is 2.31 bits per heavy atom. The van der Waals surface area contributed by atoms with E-state index in [1.54, 1.807) is 0 Å². The van der Waals surface area contributed by atoms with Gasteiger partial charge in [-0.2, -0.15) is 5.10 Å². The zero-order valence-electron chi connectivity index (χ0n) is 10.2. The fraction of sp³-hybridized carbons (Fsp3) is 0.833. The fourth-order valence-electron chi connectivity index (χ4n) is 2.30. The predicted molar refractivity (Wildman–Crippen MR) is 66.3 cm³/mol. The van der Waals surface area contributed by atoms with Crippen molar-refractivity contribution in [3.63, 3.8) is 0 Å². The third-order valence-corrected chi connectivity index (χ3v) is 3.17. The monoisotopic (exact) mass is 225 g/mol. The summed E-state index contributed by atoms with van der Waals surface area (Å²) in [5.41, 5.74) is 8.48. The van der Waals surface area contributed by atoms with Gasteiger partial charge in [-0.3, -0.25) is 0 Å². The summed E-state index contributed by atoms with van der Waals surface area (Å²) in [5.74, 6) is 0.573. The van der Waals surface area contributed by atoms with Gasteiger partial charge in [0.2, 0.25) is 0 Å². The molecule has 1 saturated carbocycles. The van der Waals surface area contributed by atoms with Crippen molar-refractivity contribution in [2.75, 3.05) is 0 Å². The van der Waals surface area contributed by atoms with E-state index in [0.29, 0.717) is 5.92 Å². The highest BCUT2D eigenvalue weighted by molar-refractivity contribution is 5.89. The zero-order valence-corrected chi connectivity index (χ0v) is 10.2. The van der Waals surface area contributed by atoms with Gasteiger partial charge < -0.3 is 5.73 Å². The van der Waals surface area contributed by atoms with Gasteiger partial charge in [0.25, 0.3) is 0 Å². The van der Waals surface area contributed by atoms with Gasteiger partial charge >= 0.3 is 6.03 Å². The van der Waals surface area contributed by atoms with Crippen molar-refractivity contribution in [2.24, 2.45) is 16.8 Å². The molecule has 0 saturated heterocycles. The highest BCUT2D eigenvalue weighted by Gasteiger charge is 2.22. The quantitative estimate of drug-likeness (QED) is 0.529. The van der Waals surface area contributed by atoms with E-state index < -0.39 is 6.03 Å². The van der Waals surface area contributed by atoms with Crippen LogP contribution in [-0.2, 0) is 0 Å². The second-order valence-electron chi connectivity index (χ2n) is 4.52. The van der Waals surface area contributed by atoms with Gasteiger partial charge in [0.1, 0.15) is 0 Å². The standard InChI is InChI=1S/C12H23N3O/c1-2-3-4-5-7-10-8-6-9-11(10)14-15-12(13)16/h10H,2-9H2,1H3,(H3,13,15,16)/b14-11-/t10-/m0/s1. The van der Waals surface area contributed by atoms with Gasteiger partial charge in [-0.1, -0.05) is 32.6 Å². The Labute approximate surface area is 97.7 Å². The molecule has 1 aliphatic rings. The minimum atomic E-state index is -0.566. The first-order valence-corrected chi connectivity index (χ1v) is 6.36. The van der Waals surface area contributed by atoms with Gasteiger partial charge in [0.15, 0.2) is 0 Å². The molecular formula is C12H23N3O. The highest BCUT2D eigenvalue weighted by Crippen LogP contribution is 2.27. The average molecular weight is 225 g/mol. The van der Waals surface area contributed by atoms with Crippen LogP contribution in [0.4, 0.5) is 4.79 Å². The van der Waals surface area contributed by atoms with Crippen molar-refractivity contribution in [2.45, 2.75) is 58.3 Å². The number of carbonyl (C=O) groups excluding carboxylic acids is 1. The summed E-state index contributed by atoms with van der Waals surface area (Å²) >= 11 is 0. The lowest BCUT2D eigenvalue weighted by Gasteiger charge is -2.10. The summed E-state index contributed by atoms with van der Waals surface area (Å²) in [6, 6.07) is -0.566. The van der Waals surface area contributed by atoms with Crippen molar-refractivity contribution in [3.05, 3.63) is 0 Å². The van der Waals surface area contributed by atoms with Crippen LogP contribution in [0.25, 0.3) is 0 Å². The van der Waals surface area contributed by atoms with Crippen LogP contribution in [-0.4, -0.2) is 11.7 Å². The summed E-state index contributed by atoms with van der Waals surface area (Å²) in [6.45, 7) is 2.22. The molecule has 0 aromatic rings. The Bertz CT molecular complexity index is 251. The third kappa shape index (κ3) is 4.64. The van der Waals surface area contributed by atoms with Crippen LogP contribution in [0.1, 0.15) is 58.3 Å². The predicted octanol–water partition coefficient (Wildman–Crippen LogP) is 2.78. The number of primary amides is 1. The van der Waals surface area contributed by atoms with Gasteiger partial charge in [0, 0.05) is 5.71 Å². The number of nitrogens with one attached hydrogen (secondary N) is 1. The lowest BCUT2D eigenvalue weighted by Crippen LogP contribution is -2.26. The summed E-state index contributed by atoms with van der Waals surface area (Å²) in [7, 11) is 0. The molecule has 0 aromatic heterocycles. The van der Waals surface area contributed by atoms with E-state index in [4.69, 9.17) is 5.73 Å². The summed E-state index contributed by atoms with van der Waals surface area (Å²) in [5, 5.41) is 4.10. The second-order valence-corrected chi connectivity index (χ2v) is 4.52. The van der Waals surface area contributed by atoms with Crippen molar-refractivity contribution in [3.8, 4) is 0 Å². The molecule has 0 aromatic carbocycles. The van der Waals surface area contributed by atoms with Crippen LogP contribution >= 0.6 is 0 Å². The highest BCUT2D eigenvalue weighted by atomic mass is 16.2. The number of carbonyl (C=O) groups is 1. The topological polar surface area (TPSA) is 67.5 Å². The molecule has 4 nitrogen and oxygen atoms in total. The zero-order chi connectivity index (χ0) is 11.8. The van der Waals surface area contributed by atoms with E-state index >= 15 is 0 Å². The van der Waals surface area contributed by atoms with E-state index in [2.05, 4.69) is 17.5 Å². The first-order valence-electron chi connectivity index (χ1n) is 6.36. The van der Waals surface area contributed by atoms with Crippen LogP contribution in [0, 0.1) is 5.92 Å². The molecule has 0 radical (unpaired) electrons. The van der Waals surface area contributed by atoms with E-state index in [0.717, 1.165) is 12.1 Å². The number of hydrogen-bond donors (Lipinski definition) is 2. The van der Waals surface area contributed by atoms with Gasteiger partial charge in [0.05, 0.1) is 0 Å². The fourth-order valence-corrected chi connectivity index (χ4v) is 2.30. The van der Waals surface area contributed by atoms with Crippen molar-refractivity contribution in [1.29, 1.82) is 0 Å². The number of nitrogens with zero attached hydrogens (tertiary/aromatic N) is 1. The smallest absolute Gasteiger partial charge is 0.332 e. The molecular weight excluding hydrogens is 202 g/mol. The molecule has 0 spiro atoms. The lowest BCUT2D eigenvalue weighted by molar-refractivity contribution is 0.249. The Balaban J connectivity index is 2.28. The molecule has 16 heavy (non-hydrogen) atoms. The number of hydrogen-bond acceptors (Lipinski definition) is 2. The number of amides is 2. The molecule has 0 unspecified atom stereocenters. The van der Waals surface area contributed by atoms with Crippen molar-refractivity contribution >= 4 is 11.7 Å². The maximum atomic E-state index is 10.6. The molecule has 0 heterocycles. The first kappa shape index (κ1) is 13.0. The largest absolute Gasteiger partial charge is 0.350 e. The summed E-state index contributed by atoms with van der Waals surface area (Å²) in [6.07, 6.45) is 9.80. The molecule has 1 fully saturated rings. The Morgan fingerprint density at radius 1 is 1.50 bits per heavy atom. The normalized spacial score (nSPS) is 22.6. The second kappa shape index (κ2) is 7.25. The molecule has 2 amide bonds. The minimum absolute atomic E-state index is 0.566. The SMILES string of the molecule is CCCCCC[C@H]1CCC/C1=N/NC(N)=O. The van der Waals surface area contributed by atoms with E-state index in [-0.39, 0.29) is 0 Å². The number of urea groups is 1. The molecule has 4 heteroatoms. The minimum Gasteiger partial charge on any atom is -0.350 e. The molecule has 1 atom stereocenters. The van der Waals surface area contributed by atoms with Crippen molar-refractivity contribution in [1.82, 2.24) is 5.43 Å². The van der Waals surface area contributed by atoms with E-state index in [9.17, 15) is 4.79 Å². The number of nitrogens with two attached hydrogens (primary N) is 1. The van der Waals surface area contributed by atoms with Gasteiger partial charge in [-0.15, -0.1) is 0 Å². The van der Waals surface area contributed by atoms with Gasteiger partial charge in [-0.25, -0.2) is 10.2 Å². The van der Waals surface area contributed by atoms with Crippen LogP contribution < -0.4 is 11.2 Å². The maximum absolute atomic E-state index is 10.6. The summed E-state index contributed by atoms with van der Waals surface area (Å²) in [4.78, 5) is 10.6. The number of unbranched alkanes of at least 4 members (excludes halogenated alkanes) is 3. The van der Waals surface area contributed by atoms with E-state index in [1.165, 1.54) is 44.9 Å². The van der Waals surface area contributed by atoms with Crippen LogP contribution in [0.15, 0.2) is 5.10 Å². The van der Waals surface area contributed by atoms with Crippen LogP contribution in [0.2, 0.25) is 0 Å². The molecule has 92 valence electrons. The van der Waals surface area contributed by atoms with Crippen LogP contribution in [0.5, 0.6) is 0 Å². The maximum Gasteiger partial charge on any atom is 0.332 e. The lowest BCUT2D eigenvalue weighted by atomic mass is 9.98. The van der Waals surface area contributed by atoms with E-state index in [1.807, 2.05) is 0 Å². The van der Waals surface area contributed by atoms with Crippen LogP contribution in [0.3, 0.4) is 0 Å². The molecule has 0 aliphatic heterocycles. The molecule has 0 bridgehead atoms. The Morgan fingerprint density at radius 3 is 3.00 bits per heavy atom. The number of hydrazone groups is 1. The average Bonchev–Trinajstić information content (AvgIpc) is 2.69. The third-order valence-electron chi connectivity index (χ3n) is 3.17. The molecule has 1 aliphatic carbocycles. The first-order chi connectivity index (χ1) is 7.74. The Kier molecular flexibility index (Phi) is 5.90.